The van der Waals surface area contributed by atoms with Gasteiger partial charge in [0.05, 0.1) is 17.8 Å². The second kappa shape index (κ2) is 8.74. The number of hydrogen-bond donors (Lipinski definition) is 1. The summed E-state index contributed by atoms with van der Waals surface area (Å²) >= 11 is 12.0. The smallest absolute Gasteiger partial charge is 0.240 e. The van der Waals surface area contributed by atoms with Gasteiger partial charge in [-0.15, -0.1) is 0 Å². The van der Waals surface area contributed by atoms with Crippen LogP contribution in [0.5, 0.6) is 5.75 Å². The van der Waals surface area contributed by atoms with Gasteiger partial charge < -0.3 is 15.0 Å². The van der Waals surface area contributed by atoms with Crippen molar-refractivity contribution in [3.8, 4) is 5.75 Å². The Morgan fingerprint density at radius 1 is 1.12 bits per heavy atom. The monoisotopic (exact) mass is 380 g/mol. The molecule has 0 bridgehead atoms. The fourth-order valence-corrected chi connectivity index (χ4v) is 2.72. The summed E-state index contributed by atoms with van der Waals surface area (Å²) in [5, 5.41) is 3.55. The van der Waals surface area contributed by atoms with Gasteiger partial charge in [0.2, 0.25) is 11.8 Å². The molecule has 0 aliphatic rings. The number of halogens is 2. The molecule has 0 fully saturated rings. The van der Waals surface area contributed by atoms with Crippen molar-refractivity contribution in [2.24, 2.45) is 0 Å². The Bertz CT molecular complexity index is 763. The van der Waals surface area contributed by atoms with E-state index in [2.05, 4.69) is 5.32 Å². The van der Waals surface area contributed by atoms with Gasteiger partial charge in [0.25, 0.3) is 0 Å². The second-order valence-corrected chi connectivity index (χ2v) is 6.17. The van der Waals surface area contributed by atoms with E-state index in [4.69, 9.17) is 27.9 Å². The van der Waals surface area contributed by atoms with E-state index in [1.807, 2.05) is 24.3 Å². The minimum Gasteiger partial charge on any atom is -0.497 e. The van der Waals surface area contributed by atoms with Gasteiger partial charge in [-0.25, -0.2) is 0 Å². The Kier molecular flexibility index (Phi) is 6.67. The first-order valence-corrected chi connectivity index (χ1v) is 8.29. The van der Waals surface area contributed by atoms with Crippen molar-refractivity contribution in [1.82, 2.24) is 5.32 Å². The molecular formula is C18H18Cl2N2O3. The number of carbonyl (C=O) groups excluding carboxylic acids is 2. The highest BCUT2D eigenvalue weighted by atomic mass is 35.5. The fourth-order valence-electron chi connectivity index (χ4n) is 2.21. The number of hydrogen-bond acceptors (Lipinski definition) is 3. The minimum atomic E-state index is -0.294. The van der Waals surface area contributed by atoms with Crippen LogP contribution in [0.1, 0.15) is 12.5 Å². The van der Waals surface area contributed by atoms with Gasteiger partial charge in [0, 0.05) is 18.5 Å². The van der Waals surface area contributed by atoms with Crippen molar-refractivity contribution < 1.29 is 14.3 Å². The standard InChI is InChI=1S/C18H18Cl2N2O3/c1-12(23)22(17-8-5-14(19)9-16(17)20)11-18(24)21-10-13-3-6-15(25-2)7-4-13/h3-9H,10-11H2,1-2H3,(H,21,24). The van der Waals surface area contributed by atoms with Crippen molar-refractivity contribution in [1.29, 1.82) is 0 Å². The summed E-state index contributed by atoms with van der Waals surface area (Å²) in [5.41, 5.74) is 1.37. The minimum absolute atomic E-state index is 0.132. The summed E-state index contributed by atoms with van der Waals surface area (Å²) in [5.74, 6) is 0.163. The molecule has 2 amide bonds. The Balaban J connectivity index is 2.01. The van der Waals surface area contributed by atoms with E-state index in [0.717, 1.165) is 11.3 Å². The molecule has 1 N–H and O–H groups in total. The van der Waals surface area contributed by atoms with Crippen molar-refractivity contribution in [2.45, 2.75) is 13.5 Å². The molecule has 2 aromatic rings. The van der Waals surface area contributed by atoms with E-state index in [9.17, 15) is 9.59 Å². The third kappa shape index (κ3) is 5.37. The topological polar surface area (TPSA) is 58.6 Å². The van der Waals surface area contributed by atoms with Crippen LogP contribution >= 0.6 is 23.2 Å². The maximum atomic E-state index is 12.2. The lowest BCUT2D eigenvalue weighted by atomic mass is 10.2. The van der Waals surface area contributed by atoms with Gasteiger partial charge in [0.15, 0.2) is 0 Å². The highest BCUT2D eigenvalue weighted by molar-refractivity contribution is 6.36. The van der Waals surface area contributed by atoms with Crippen molar-refractivity contribution >= 4 is 40.7 Å². The average Bonchev–Trinajstić information content (AvgIpc) is 2.58. The van der Waals surface area contributed by atoms with Crippen LogP contribution in [-0.2, 0) is 16.1 Å². The molecule has 0 saturated heterocycles. The van der Waals surface area contributed by atoms with Crippen LogP contribution in [0.15, 0.2) is 42.5 Å². The molecule has 2 aromatic carbocycles. The third-order valence-electron chi connectivity index (χ3n) is 3.53. The van der Waals surface area contributed by atoms with Crippen molar-refractivity contribution in [3.05, 3.63) is 58.1 Å². The number of methoxy groups -OCH3 is 1. The molecule has 25 heavy (non-hydrogen) atoms. The summed E-state index contributed by atoms with van der Waals surface area (Å²) in [4.78, 5) is 25.4. The molecule has 0 radical (unpaired) electrons. The second-order valence-electron chi connectivity index (χ2n) is 5.33. The average molecular weight is 381 g/mol. The number of ether oxygens (including phenoxy) is 1. The van der Waals surface area contributed by atoms with Crippen molar-refractivity contribution in [2.75, 3.05) is 18.6 Å². The van der Waals surface area contributed by atoms with Gasteiger partial charge >= 0.3 is 0 Å². The lowest BCUT2D eigenvalue weighted by Gasteiger charge is -2.22. The molecule has 0 aromatic heterocycles. The lowest BCUT2D eigenvalue weighted by Crippen LogP contribution is -2.39. The SMILES string of the molecule is COc1ccc(CNC(=O)CN(C(C)=O)c2ccc(Cl)cc2Cl)cc1. The highest BCUT2D eigenvalue weighted by Gasteiger charge is 2.18. The maximum absolute atomic E-state index is 12.2. The van der Waals surface area contributed by atoms with Crippen molar-refractivity contribution in [3.63, 3.8) is 0 Å². The predicted molar refractivity (Wildman–Crippen MR) is 99.3 cm³/mol. The summed E-state index contributed by atoms with van der Waals surface area (Å²) in [6, 6.07) is 12.1. The molecule has 0 unspecified atom stereocenters. The number of benzene rings is 2. The summed E-state index contributed by atoms with van der Waals surface area (Å²) in [6.07, 6.45) is 0. The van der Waals surface area contributed by atoms with Crippen LogP contribution in [0.4, 0.5) is 5.69 Å². The number of nitrogens with one attached hydrogen (secondary N) is 1. The fraction of sp³-hybridized carbons (Fsp3) is 0.222. The zero-order chi connectivity index (χ0) is 18.4. The summed E-state index contributed by atoms with van der Waals surface area (Å²) < 4.78 is 5.09. The first-order valence-electron chi connectivity index (χ1n) is 7.53. The first-order chi connectivity index (χ1) is 11.9. The number of anilines is 1. The Morgan fingerprint density at radius 2 is 1.80 bits per heavy atom. The van der Waals surface area contributed by atoms with E-state index >= 15 is 0 Å². The molecule has 0 saturated carbocycles. The van der Waals surface area contributed by atoms with E-state index in [1.54, 1.807) is 19.2 Å². The molecule has 7 heteroatoms. The van der Waals surface area contributed by atoms with Crippen LogP contribution in [0.2, 0.25) is 10.0 Å². The van der Waals surface area contributed by atoms with Gasteiger partial charge in [-0.1, -0.05) is 35.3 Å². The van der Waals surface area contributed by atoms with E-state index in [-0.39, 0.29) is 18.4 Å². The molecule has 2 rings (SSSR count). The zero-order valence-electron chi connectivity index (χ0n) is 13.9. The van der Waals surface area contributed by atoms with Crippen LogP contribution in [-0.4, -0.2) is 25.5 Å². The van der Waals surface area contributed by atoms with Gasteiger partial charge in [-0.2, -0.15) is 0 Å². The molecular weight excluding hydrogens is 363 g/mol. The normalized spacial score (nSPS) is 10.2. The molecule has 0 aliphatic carbocycles. The van der Waals surface area contributed by atoms with E-state index in [0.29, 0.717) is 22.3 Å². The molecule has 132 valence electrons. The Morgan fingerprint density at radius 3 is 2.36 bits per heavy atom. The van der Waals surface area contributed by atoms with Crippen LogP contribution in [0.25, 0.3) is 0 Å². The number of carbonyl (C=O) groups is 2. The number of rotatable bonds is 6. The van der Waals surface area contributed by atoms with Crippen LogP contribution < -0.4 is 15.0 Å². The summed E-state index contributed by atoms with van der Waals surface area (Å²) in [6.45, 7) is 1.59. The maximum Gasteiger partial charge on any atom is 0.240 e. The van der Waals surface area contributed by atoms with Gasteiger partial charge in [-0.05, 0) is 35.9 Å². The third-order valence-corrected chi connectivity index (χ3v) is 4.07. The number of nitrogens with zero attached hydrogens (tertiary/aromatic N) is 1. The predicted octanol–water partition coefficient (Wildman–Crippen LogP) is 3.67. The van der Waals surface area contributed by atoms with Gasteiger partial charge in [0.1, 0.15) is 12.3 Å². The van der Waals surface area contributed by atoms with E-state index < -0.39 is 0 Å². The quantitative estimate of drug-likeness (QED) is 0.831. The number of amides is 2. The first kappa shape index (κ1) is 19.1. The van der Waals surface area contributed by atoms with Crippen LogP contribution in [0.3, 0.4) is 0 Å². The molecule has 0 atom stereocenters. The van der Waals surface area contributed by atoms with Crippen LogP contribution in [0, 0.1) is 0 Å². The molecule has 0 spiro atoms. The lowest BCUT2D eigenvalue weighted by molar-refractivity contribution is -0.123. The van der Waals surface area contributed by atoms with E-state index in [1.165, 1.54) is 17.9 Å². The molecule has 0 aliphatic heterocycles. The Hall–Kier alpha value is -2.24. The molecule has 0 heterocycles. The summed E-state index contributed by atoms with van der Waals surface area (Å²) in [7, 11) is 1.59. The Labute approximate surface area is 156 Å². The zero-order valence-corrected chi connectivity index (χ0v) is 15.4. The van der Waals surface area contributed by atoms with Gasteiger partial charge in [-0.3, -0.25) is 9.59 Å². The highest BCUT2D eigenvalue weighted by Crippen LogP contribution is 2.28. The largest absolute Gasteiger partial charge is 0.497 e. The molecule has 5 nitrogen and oxygen atoms in total.